The van der Waals surface area contributed by atoms with Gasteiger partial charge in [0.1, 0.15) is 5.82 Å². The van der Waals surface area contributed by atoms with Gasteiger partial charge in [-0.25, -0.2) is 4.79 Å². The average molecular weight is 387 g/mol. The summed E-state index contributed by atoms with van der Waals surface area (Å²) in [5.41, 5.74) is 3.20. The van der Waals surface area contributed by atoms with Crippen molar-refractivity contribution < 1.29 is 4.79 Å². The predicted molar refractivity (Wildman–Crippen MR) is 112 cm³/mol. The first-order valence-electron chi connectivity index (χ1n) is 10.3. The second-order valence-corrected chi connectivity index (χ2v) is 8.00. The molecule has 2 aromatic carbocycles. The molecule has 1 N–H and O–H groups in total. The summed E-state index contributed by atoms with van der Waals surface area (Å²) in [5.74, 6) is 2.75. The number of anilines is 1. The van der Waals surface area contributed by atoms with Crippen molar-refractivity contribution in [1.29, 1.82) is 0 Å². The van der Waals surface area contributed by atoms with E-state index in [0.29, 0.717) is 13.1 Å². The molecule has 148 valence electrons. The molecule has 6 heteroatoms. The Hall–Kier alpha value is -3.15. The summed E-state index contributed by atoms with van der Waals surface area (Å²) < 4.78 is 2.20. The quantitative estimate of drug-likeness (QED) is 0.723. The maximum absolute atomic E-state index is 12.9. The Morgan fingerprint density at radius 2 is 1.79 bits per heavy atom. The molecule has 1 aliphatic carbocycles. The van der Waals surface area contributed by atoms with Crippen molar-refractivity contribution in [3.05, 3.63) is 77.4 Å². The standard InChI is InChI=1S/C23H25N5O/c29-23(24-20-9-5-4-8-19(20)14-17-6-2-1-3-7-17)27-12-13-28-21(15-18-10-11-18)25-26-22(28)16-27/h1-9,18H,10-16H2,(H,24,29). The Labute approximate surface area is 170 Å². The van der Waals surface area contributed by atoms with E-state index in [0.717, 1.165) is 48.2 Å². The van der Waals surface area contributed by atoms with E-state index >= 15 is 0 Å². The molecule has 2 aliphatic rings. The van der Waals surface area contributed by atoms with Crippen LogP contribution in [0, 0.1) is 5.92 Å². The van der Waals surface area contributed by atoms with Crippen LogP contribution < -0.4 is 5.32 Å². The van der Waals surface area contributed by atoms with Crippen molar-refractivity contribution in [2.75, 3.05) is 11.9 Å². The highest BCUT2D eigenvalue weighted by molar-refractivity contribution is 5.90. The average Bonchev–Trinajstić information content (AvgIpc) is 3.48. The van der Waals surface area contributed by atoms with Gasteiger partial charge < -0.3 is 14.8 Å². The Kier molecular flexibility index (Phi) is 4.76. The van der Waals surface area contributed by atoms with Gasteiger partial charge in [0.15, 0.2) is 5.82 Å². The first-order valence-corrected chi connectivity index (χ1v) is 10.3. The summed E-state index contributed by atoms with van der Waals surface area (Å²) in [7, 11) is 0. The van der Waals surface area contributed by atoms with Crippen LogP contribution >= 0.6 is 0 Å². The lowest BCUT2D eigenvalue weighted by Crippen LogP contribution is -2.41. The highest BCUT2D eigenvalue weighted by atomic mass is 16.2. The van der Waals surface area contributed by atoms with Gasteiger partial charge in [-0.15, -0.1) is 10.2 Å². The molecule has 1 fully saturated rings. The van der Waals surface area contributed by atoms with Crippen LogP contribution in [0.5, 0.6) is 0 Å². The van der Waals surface area contributed by atoms with Gasteiger partial charge in [-0.05, 0) is 42.4 Å². The maximum atomic E-state index is 12.9. The number of aromatic nitrogens is 3. The zero-order chi connectivity index (χ0) is 19.6. The Morgan fingerprint density at radius 1 is 1.00 bits per heavy atom. The van der Waals surface area contributed by atoms with Gasteiger partial charge in [0.2, 0.25) is 0 Å². The van der Waals surface area contributed by atoms with Crippen molar-refractivity contribution >= 4 is 11.7 Å². The minimum absolute atomic E-state index is 0.0801. The first kappa shape index (κ1) is 17.9. The van der Waals surface area contributed by atoms with Crippen LogP contribution in [0.1, 0.15) is 35.6 Å². The van der Waals surface area contributed by atoms with Crippen molar-refractivity contribution in [3.8, 4) is 0 Å². The van der Waals surface area contributed by atoms with E-state index in [1.54, 1.807) is 0 Å². The fourth-order valence-corrected chi connectivity index (χ4v) is 3.93. The lowest BCUT2D eigenvalue weighted by atomic mass is 10.0. The molecule has 0 saturated heterocycles. The number of urea groups is 1. The summed E-state index contributed by atoms with van der Waals surface area (Å²) in [4.78, 5) is 14.8. The molecule has 1 aromatic heterocycles. The minimum atomic E-state index is -0.0801. The number of nitrogens with one attached hydrogen (secondary N) is 1. The summed E-state index contributed by atoms with van der Waals surface area (Å²) in [6, 6.07) is 18.2. The normalized spacial score (nSPS) is 15.8. The van der Waals surface area contributed by atoms with E-state index in [9.17, 15) is 4.79 Å². The smallest absolute Gasteiger partial charge is 0.315 e. The molecule has 29 heavy (non-hydrogen) atoms. The lowest BCUT2D eigenvalue weighted by molar-refractivity contribution is 0.195. The van der Waals surface area contributed by atoms with Gasteiger partial charge in [0, 0.05) is 25.2 Å². The van der Waals surface area contributed by atoms with Gasteiger partial charge in [0.05, 0.1) is 6.54 Å². The number of para-hydroxylation sites is 1. The predicted octanol–water partition coefficient (Wildman–Crippen LogP) is 3.87. The van der Waals surface area contributed by atoms with Crippen molar-refractivity contribution in [2.24, 2.45) is 5.92 Å². The molecular formula is C23H25N5O. The van der Waals surface area contributed by atoms with Crippen LogP contribution in [-0.4, -0.2) is 32.2 Å². The SMILES string of the molecule is O=C(Nc1ccccc1Cc1ccccc1)N1CCn2c(CC3CC3)nnc2C1. The van der Waals surface area contributed by atoms with E-state index in [-0.39, 0.29) is 6.03 Å². The van der Waals surface area contributed by atoms with Crippen LogP contribution in [-0.2, 0) is 25.9 Å². The highest BCUT2D eigenvalue weighted by Gasteiger charge is 2.28. The van der Waals surface area contributed by atoms with Gasteiger partial charge in [-0.3, -0.25) is 0 Å². The van der Waals surface area contributed by atoms with Crippen LogP contribution in [0.25, 0.3) is 0 Å². The number of amides is 2. The first-order chi connectivity index (χ1) is 14.3. The largest absolute Gasteiger partial charge is 0.322 e. The molecule has 3 aromatic rings. The molecule has 5 rings (SSSR count). The summed E-state index contributed by atoms with van der Waals surface area (Å²) in [6.07, 6.45) is 4.42. The molecule has 0 spiro atoms. The fraction of sp³-hybridized carbons (Fsp3) is 0.348. The number of hydrogen-bond donors (Lipinski definition) is 1. The number of fused-ring (bicyclic) bond motifs is 1. The second kappa shape index (κ2) is 7.70. The van der Waals surface area contributed by atoms with Crippen molar-refractivity contribution in [2.45, 2.75) is 38.8 Å². The summed E-state index contributed by atoms with van der Waals surface area (Å²) in [6.45, 7) is 1.95. The van der Waals surface area contributed by atoms with Gasteiger partial charge in [-0.2, -0.15) is 0 Å². The minimum Gasteiger partial charge on any atom is -0.315 e. The molecular weight excluding hydrogens is 362 g/mol. The zero-order valence-corrected chi connectivity index (χ0v) is 16.4. The van der Waals surface area contributed by atoms with Crippen LogP contribution in [0.4, 0.5) is 10.5 Å². The maximum Gasteiger partial charge on any atom is 0.322 e. The lowest BCUT2D eigenvalue weighted by Gasteiger charge is -2.28. The number of nitrogens with zero attached hydrogens (tertiary/aromatic N) is 4. The highest BCUT2D eigenvalue weighted by Crippen LogP contribution is 2.32. The van der Waals surface area contributed by atoms with E-state index in [1.807, 2.05) is 41.3 Å². The Balaban J connectivity index is 1.27. The molecule has 2 heterocycles. The molecule has 1 aliphatic heterocycles. The molecule has 0 unspecified atom stereocenters. The third-order valence-corrected chi connectivity index (χ3v) is 5.78. The third-order valence-electron chi connectivity index (χ3n) is 5.78. The Bertz CT molecular complexity index is 1010. The van der Waals surface area contributed by atoms with E-state index in [1.165, 1.54) is 18.4 Å². The van der Waals surface area contributed by atoms with Gasteiger partial charge in [0.25, 0.3) is 0 Å². The van der Waals surface area contributed by atoms with Crippen molar-refractivity contribution in [3.63, 3.8) is 0 Å². The van der Waals surface area contributed by atoms with Crippen molar-refractivity contribution in [1.82, 2.24) is 19.7 Å². The molecule has 0 radical (unpaired) electrons. The van der Waals surface area contributed by atoms with E-state index < -0.39 is 0 Å². The molecule has 2 amide bonds. The topological polar surface area (TPSA) is 63.1 Å². The number of carbonyl (C=O) groups is 1. The van der Waals surface area contributed by atoms with Gasteiger partial charge in [-0.1, -0.05) is 48.5 Å². The van der Waals surface area contributed by atoms with Gasteiger partial charge >= 0.3 is 6.03 Å². The molecule has 0 bridgehead atoms. The van der Waals surface area contributed by atoms with E-state index in [2.05, 4.69) is 38.3 Å². The third kappa shape index (κ3) is 4.01. The number of rotatable bonds is 5. The molecule has 1 saturated carbocycles. The monoisotopic (exact) mass is 387 g/mol. The fourth-order valence-electron chi connectivity index (χ4n) is 3.93. The summed E-state index contributed by atoms with van der Waals surface area (Å²) >= 11 is 0. The Morgan fingerprint density at radius 3 is 2.62 bits per heavy atom. The second-order valence-electron chi connectivity index (χ2n) is 8.00. The molecule has 6 nitrogen and oxygen atoms in total. The van der Waals surface area contributed by atoms with Crippen LogP contribution in [0.2, 0.25) is 0 Å². The van der Waals surface area contributed by atoms with Crippen LogP contribution in [0.15, 0.2) is 54.6 Å². The molecule has 0 atom stereocenters. The number of hydrogen-bond acceptors (Lipinski definition) is 3. The van der Waals surface area contributed by atoms with Crippen LogP contribution in [0.3, 0.4) is 0 Å². The van der Waals surface area contributed by atoms with E-state index in [4.69, 9.17) is 0 Å². The number of carbonyl (C=O) groups excluding carboxylic acids is 1. The summed E-state index contributed by atoms with van der Waals surface area (Å²) in [5, 5.41) is 11.8. The zero-order valence-electron chi connectivity index (χ0n) is 16.4. The number of benzene rings is 2.